The molecule has 0 fully saturated rings. The maximum atomic E-state index is 11.8. The second-order valence-electron chi connectivity index (χ2n) is 3.93. The highest BCUT2D eigenvalue weighted by Gasteiger charge is 2.11. The Morgan fingerprint density at radius 2 is 2.19 bits per heavy atom. The van der Waals surface area contributed by atoms with Crippen molar-refractivity contribution in [3.05, 3.63) is 57.7 Å². The van der Waals surface area contributed by atoms with Gasteiger partial charge in [-0.05, 0) is 18.2 Å². The number of rotatable bonds is 5. The molecule has 0 aliphatic heterocycles. The molecular weight excluding hydrogens is 314 g/mol. The van der Waals surface area contributed by atoms with Crippen molar-refractivity contribution < 1.29 is 9.72 Å². The van der Waals surface area contributed by atoms with Crippen molar-refractivity contribution in [2.75, 3.05) is 11.1 Å². The van der Waals surface area contributed by atoms with Gasteiger partial charge in [-0.15, -0.1) is 0 Å². The minimum atomic E-state index is -0.547. The topological polar surface area (TPSA) is 85.1 Å². The maximum absolute atomic E-state index is 11.8. The molecule has 1 aromatic carbocycles. The quantitative estimate of drug-likeness (QED) is 0.518. The van der Waals surface area contributed by atoms with Gasteiger partial charge in [-0.2, -0.15) is 0 Å². The van der Waals surface area contributed by atoms with Crippen molar-refractivity contribution in [1.82, 2.24) is 4.98 Å². The number of nitrogens with one attached hydrogen (secondary N) is 1. The molecule has 0 saturated heterocycles. The predicted molar refractivity (Wildman–Crippen MR) is 81.7 cm³/mol. The highest BCUT2D eigenvalue weighted by atomic mass is 35.5. The van der Waals surface area contributed by atoms with Crippen molar-refractivity contribution >= 4 is 40.6 Å². The van der Waals surface area contributed by atoms with Crippen LogP contribution in [0, 0.1) is 10.1 Å². The van der Waals surface area contributed by atoms with E-state index in [-0.39, 0.29) is 22.4 Å². The Morgan fingerprint density at radius 1 is 1.38 bits per heavy atom. The number of nitro groups is 1. The molecule has 1 N–H and O–H groups in total. The van der Waals surface area contributed by atoms with E-state index in [4.69, 9.17) is 11.6 Å². The molecule has 1 heterocycles. The van der Waals surface area contributed by atoms with E-state index < -0.39 is 4.92 Å². The molecule has 2 rings (SSSR count). The average molecular weight is 324 g/mol. The van der Waals surface area contributed by atoms with Gasteiger partial charge in [-0.25, -0.2) is 4.98 Å². The van der Waals surface area contributed by atoms with Gasteiger partial charge in [0.05, 0.1) is 26.4 Å². The van der Waals surface area contributed by atoms with Gasteiger partial charge in [0.2, 0.25) is 5.91 Å². The van der Waals surface area contributed by atoms with Crippen LogP contribution in [0.2, 0.25) is 5.02 Å². The van der Waals surface area contributed by atoms with E-state index in [9.17, 15) is 14.9 Å². The molecule has 1 amide bonds. The number of anilines is 1. The Balaban J connectivity index is 1.95. The van der Waals surface area contributed by atoms with Crippen molar-refractivity contribution in [1.29, 1.82) is 0 Å². The molecule has 6 nitrogen and oxygen atoms in total. The first-order chi connectivity index (χ1) is 10.1. The van der Waals surface area contributed by atoms with Crippen molar-refractivity contribution in [3.63, 3.8) is 0 Å². The zero-order chi connectivity index (χ0) is 15.2. The fourth-order valence-corrected chi connectivity index (χ4v) is 2.36. The van der Waals surface area contributed by atoms with E-state index in [0.717, 1.165) is 5.03 Å². The standard InChI is InChI=1S/C13H10ClN3O3S/c14-10-7-9(17(19)20)4-5-11(10)16-12(18)8-21-13-3-1-2-6-15-13/h1-7H,8H2,(H,16,18). The van der Waals surface area contributed by atoms with Gasteiger partial charge in [0.1, 0.15) is 0 Å². The van der Waals surface area contributed by atoms with E-state index in [1.807, 2.05) is 6.07 Å². The third-order valence-electron chi connectivity index (χ3n) is 2.43. The number of nitrogens with zero attached hydrogens (tertiary/aromatic N) is 2. The lowest BCUT2D eigenvalue weighted by Crippen LogP contribution is -2.14. The summed E-state index contributed by atoms with van der Waals surface area (Å²) in [6.45, 7) is 0. The van der Waals surface area contributed by atoms with Gasteiger partial charge in [0, 0.05) is 18.3 Å². The van der Waals surface area contributed by atoms with E-state index in [0.29, 0.717) is 5.69 Å². The first kappa shape index (κ1) is 15.3. The number of hydrogen-bond donors (Lipinski definition) is 1. The summed E-state index contributed by atoms with van der Waals surface area (Å²) >= 11 is 7.18. The third kappa shape index (κ3) is 4.44. The normalized spacial score (nSPS) is 10.1. The van der Waals surface area contributed by atoms with Crippen LogP contribution < -0.4 is 5.32 Å². The van der Waals surface area contributed by atoms with Crippen LogP contribution in [0.15, 0.2) is 47.6 Å². The number of hydrogen-bond acceptors (Lipinski definition) is 5. The average Bonchev–Trinajstić information content (AvgIpc) is 2.48. The smallest absolute Gasteiger partial charge is 0.271 e. The molecule has 0 aliphatic rings. The summed E-state index contributed by atoms with van der Waals surface area (Å²) in [6.07, 6.45) is 1.65. The van der Waals surface area contributed by atoms with Crippen LogP contribution in [-0.4, -0.2) is 21.6 Å². The minimum absolute atomic E-state index is 0.124. The van der Waals surface area contributed by atoms with Gasteiger partial charge in [0.25, 0.3) is 5.69 Å². The maximum Gasteiger partial charge on any atom is 0.271 e. The Morgan fingerprint density at radius 3 is 2.81 bits per heavy atom. The molecule has 0 spiro atoms. The molecule has 0 radical (unpaired) electrons. The number of halogens is 1. The van der Waals surface area contributed by atoms with E-state index >= 15 is 0 Å². The fourth-order valence-electron chi connectivity index (χ4n) is 1.48. The van der Waals surface area contributed by atoms with Crippen LogP contribution in [0.25, 0.3) is 0 Å². The van der Waals surface area contributed by atoms with Crippen molar-refractivity contribution in [2.24, 2.45) is 0 Å². The number of aromatic nitrogens is 1. The molecule has 21 heavy (non-hydrogen) atoms. The van der Waals surface area contributed by atoms with Gasteiger partial charge >= 0.3 is 0 Å². The SMILES string of the molecule is O=C(CSc1ccccn1)Nc1ccc([N+](=O)[O-])cc1Cl. The zero-order valence-electron chi connectivity index (χ0n) is 10.7. The summed E-state index contributed by atoms with van der Waals surface area (Å²) in [5.41, 5.74) is 0.217. The Kier molecular flexibility index (Phi) is 5.13. The molecule has 8 heteroatoms. The minimum Gasteiger partial charge on any atom is -0.324 e. The number of carbonyl (C=O) groups is 1. The summed E-state index contributed by atoms with van der Waals surface area (Å²) in [7, 11) is 0. The van der Waals surface area contributed by atoms with E-state index in [2.05, 4.69) is 10.3 Å². The van der Waals surface area contributed by atoms with Gasteiger partial charge in [0.15, 0.2) is 0 Å². The number of nitro benzene ring substituents is 1. The van der Waals surface area contributed by atoms with E-state index in [1.54, 1.807) is 18.3 Å². The number of carbonyl (C=O) groups excluding carboxylic acids is 1. The second kappa shape index (κ2) is 7.05. The van der Waals surface area contributed by atoms with Crippen LogP contribution in [0.4, 0.5) is 11.4 Å². The van der Waals surface area contributed by atoms with Crippen LogP contribution in [0.1, 0.15) is 0 Å². The molecule has 0 aliphatic carbocycles. The fraction of sp³-hybridized carbons (Fsp3) is 0.0769. The summed E-state index contributed by atoms with van der Waals surface area (Å²) in [5.74, 6) is -0.0916. The third-order valence-corrected chi connectivity index (χ3v) is 3.68. The number of thioether (sulfide) groups is 1. The zero-order valence-corrected chi connectivity index (χ0v) is 12.2. The molecular formula is C13H10ClN3O3S. The van der Waals surface area contributed by atoms with Crippen molar-refractivity contribution in [2.45, 2.75) is 5.03 Å². The molecule has 1 aromatic heterocycles. The largest absolute Gasteiger partial charge is 0.324 e. The molecule has 2 aromatic rings. The number of benzene rings is 1. The van der Waals surface area contributed by atoms with Crippen LogP contribution >= 0.6 is 23.4 Å². The van der Waals surface area contributed by atoms with Gasteiger partial charge in [-0.1, -0.05) is 29.4 Å². The van der Waals surface area contributed by atoms with Gasteiger partial charge in [-0.3, -0.25) is 14.9 Å². The lowest BCUT2D eigenvalue weighted by molar-refractivity contribution is -0.384. The summed E-state index contributed by atoms with van der Waals surface area (Å²) in [6, 6.07) is 9.32. The summed E-state index contributed by atoms with van der Waals surface area (Å²) in [4.78, 5) is 25.9. The Bertz CT molecular complexity index is 667. The van der Waals surface area contributed by atoms with Crippen molar-refractivity contribution in [3.8, 4) is 0 Å². The second-order valence-corrected chi connectivity index (χ2v) is 5.33. The molecule has 0 saturated carbocycles. The number of non-ortho nitro benzene ring substituents is 1. The van der Waals surface area contributed by atoms with Crippen LogP contribution in [0.3, 0.4) is 0 Å². The number of amides is 1. The monoisotopic (exact) mass is 323 g/mol. The van der Waals surface area contributed by atoms with Crippen LogP contribution in [-0.2, 0) is 4.79 Å². The first-order valence-corrected chi connectivity index (χ1v) is 7.20. The summed E-state index contributed by atoms with van der Waals surface area (Å²) in [5, 5.41) is 14.1. The number of pyridine rings is 1. The van der Waals surface area contributed by atoms with Gasteiger partial charge < -0.3 is 5.32 Å². The molecule has 108 valence electrons. The lowest BCUT2D eigenvalue weighted by atomic mass is 10.3. The summed E-state index contributed by atoms with van der Waals surface area (Å²) < 4.78 is 0. The first-order valence-electron chi connectivity index (χ1n) is 5.84. The predicted octanol–water partition coefficient (Wildman–Crippen LogP) is 3.37. The molecule has 0 unspecified atom stereocenters. The lowest BCUT2D eigenvalue weighted by Gasteiger charge is -2.06. The molecule has 0 atom stereocenters. The highest BCUT2D eigenvalue weighted by Crippen LogP contribution is 2.27. The Labute approximate surface area is 129 Å². The van der Waals surface area contributed by atoms with E-state index in [1.165, 1.54) is 30.0 Å². The molecule has 0 bridgehead atoms. The highest BCUT2D eigenvalue weighted by molar-refractivity contribution is 7.99. The Hall–Kier alpha value is -2.12. The van der Waals surface area contributed by atoms with Crippen LogP contribution in [0.5, 0.6) is 0 Å².